The number of amides is 1. The van der Waals surface area contributed by atoms with Crippen LogP contribution < -0.4 is 5.73 Å². The summed E-state index contributed by atoms with van der Waals surface area (Å²) in [5.74, 6) is -1.85. The first kappa shape index (κ1) is 14.3. The van der Waals surface area contributed by atoms with Crippen molar-refractivity contribution in [1.82, 2.24) is 4.90 Å². The number of carbonyl (C=O) groups excluding carboxylic acids is 1. The van der Waals surface area contributed by atoms with Crippen LogP contribution in [0.2, 0.25) is 0 Å². The predicted molar refractivity (Wildman–Crippen MR) is 75.0 cm³/mol. The van der Waals surface area contributed by atoms with E-state index in [1.54, 1.807) is 12.1 Å². The lowest BCUT2D eigenvalue weighted by Crippen LogP contribution is -2.47. The SMILES string of the molecule is C=CCC(N)C(=O)N1Cc2ccccc2C(C(=O)O)C1. The standard InChI is InChI=1S/C15H18N2O3/c1-2-5-13(16)14(18)17-8-10-6-3-4-7-11(10)12(9-17)15(19)20/h2-4,6-7,12-13H,1,5,8-9,16H2,(H,19,20). The van der Waals surface area contributed by atoms with E-state index in [0.29, 0.717) is 13.0 Å². The van der Waals surface area contributed by atoms with Crippen LogP contribution in [0.1, 0.15) is 23.5 Å². The predicted octanol–water partition coefficient (Wildman–Crippen LogP) is 1.10. The van der Waals surface area contributed by atoms with E-state index in [1.807, 2.05) is 18.2 Å². The molecule has 5 nitrogen and oxygen atoms in total. The van der Waals surface area contributed by atoms with Gasteiger partial charge in [0.05, 0.1) is 12.0 Å². The zero-order chi connectivity index (χ0) is 14.7. The first-order valence-electron chi connectivity index (χ1n) is 6.50. The minimum absolute atomic E-state index is 0.163. The maximum absolute atomic E-state index is 12.2. The van der Waals surface area contributed by atoms with Crippen LogP contribution in [0.25, 0.3) is 0 Å². The summed E-state index contributed by atoms with van der Waals surface area (Å²) in [6.45, 7) is 4.13. The fourth-order valence-electron chi connectivity index (χ4n) is 2.50. The number of nitrogens with zero attached hydrogens (tertiary/aromatic N) is 1. The van der Waals surface area contributed by atoms with E-state index < -0.39 is 17.9 Å². The molecule has 0 saturated heterocycles. The van der Waals surface area contributed by atoms with Crippen LogP contribution in [0, 0.1) is 0 Å². The molecule has 0 saturated carbocycles. The number of hydrogen-bond acceptors (Lipinski definition) is 3. The Balaban J connectivity index is 2.26. The summed E-state index contributed by atoms with van der Waals surface area (Å²) in [5.41, 5.74) is 7.44. The van der Waals surface area contributed by atoms with Crippen molar-refractivity contribution in [1.29, 1.82) is 0 Å². The van der Waals surface area contributed by atoms with Crippen molar-refractivity contribution in [2.24, 2.45) is 5.73 Å². The zero-order valence-corrected chi connectivity index (χ0v) is 11.2. The molecule has 0 fully saturated rings. The van der Waals surface area contributed by atoms with Crippen molar-refractivity contribution in [3.63, 3.8) is 0 Å². The van der Waals surface area contributed by atoms with Gasteiger partial charge in [0.1, 0.15) is 0 Å². The lowest BCUT2D eigenvalue weighted by molar-refractivity contribution is -0.141. The summed E-state index contributed by atoms with van der Waals surface area (Å²) in [5, 5.41) is 9.34. The second-order valence-corrected chi connectivity index (χ2v) is 4.94. The molecule has 2 rings (SSSR count). The minimum Gasteiger partial charge on any atom is -0.481 e. The molecule has 106 valence electrons. The van der Waals surface area contributed by atoms with E-state index in [2.05, 4.69) is 6.58 Å². The first-order chi connectivity index (χ1) is 9.54. The van der Waals surface area contributed by atoms with Crippen molar-refractivity contribution in [3.05, 3.63) is 48.0 Å². The molecule has 0 spiro atoms. The van der Waals surface area contributed by atoms with E-state index in [4.69, 9.17) is 5.73 Å². The highest BCUT2D eigenvalue weighted by atomic mass is 16.4. The molecule has 1 aromatic rings. The van der Waals surface area contributed by atoms with E-state index in [0.717, 1.165) is 11.1 Å². The molecule has 1 aliphatic heterocycles. The summed E-state index contributed by atoms with van der Waals surface area (Å²) in [4.78, 5) is 25.1. The molecule has 0 aliphatic carbocycles. The number of nitrogens with two attached hydrogens (primary N) is 1. The number of benzene rings is 1. The summed E-state index contributed by atoms with van der Waals surface area (Å²) in [7, 11) is 0. The van der Waals surface area contributed by atoms with Gasteiger partial charge in [-0.05, 0) is 17.5 Å². The Morgan fingerprint density at radius 3 is 2.85 bits per heavy atom. The first-order valence-corrected chi connectivity index (χ1v) is 6.50. The smallest absolute Gasteiger partial charge is 0.312 e. The van der Waals surface area contributed by atoms with Gasteiger partial charge in [-0.2, -0.15) is 0 Å². The van der Waals surface area contributed by atoms with Crippen molar-refractivity contribution in [2.45, 2.75) is 24.9 Å². The van der Waals surface area contributed by atoms with Gasteiger partial charge in [-0.3, -0.25) is 9.59 Å². The number of carboxylic acids is 1. The van der Waals surface area contributed by atoms with Crippen LogP contribution in [0.15, 0.2) is 36.9 Å². The van der Waals surface area contributed by atoms with Gasteiger partial charge in [0, 0.05) is 13.1 Å². The van der Waals surface area contributed by atoms with Crippen LogP contribution in [0.4, 0.5) is 0 Å². The summed E-state index contributed by atoms with van der Waals surface area (Å²) in [6.07, 6.45) is 1.98. The Kier molecular flexibility index (Phi) is 4.20. The molecule has 1 aliphatic rings. The number of hydrogen-bond donors (Lipinski definition) is 2. The Morgan fingerprint density at radius 2 is 2.20 bits per heavy atom. The molecule has 20 heavy (non-hydrogen) atoms. The average Bonchev–Trinajstić information content (AvgIpc) is 2.45. The van der Waals surface area contributed by atoms with Crippen molar-refractivity contribution < 1.29 is 14.7 Å². The normalized spacial score (nSPS) is 19.1. The monoisotopic (exact) mass is 274 g/mol. The topological polar surface area (TPSA) is 83.6 Å². The molecule has 0 radical (unpaired) electrons. The van der Waals surface area contributed by atoms with Gasteiger partial charge in [-0.1, -0.05) is 30.3 Å². The molecule has 2 unspecified atom stereocenters. The lowest BCUT2D eigenvalue weighted by Gasteiger charge is -2.34. The van der Waals surface area contributed by atoms with E-state index in [9.17, 15) is 14.7 Å². The van der Waals surface area contributed by atoms with Gasteiger partial charge in [-0.25, -0.2) is 0 Å². The van der Waals surface area contributed by atoms with Gasteiger partial charge < -0.3 is 15.7 Å². The van der Waals surface area contributed by atoms with Crippen LogP contribution in [-0.4, -0.2) is 34.5 Å². The van der Waals surface area contributed by atoms with E-state index in [-0.39, 0.29) is 12.5 Å². The summed E-state index contributed by atoms with van der Waals surface area (Å²) in [6, 6.07) is 6.65. The van der Waals surface area contributed by atoms with Crippen LogP contribution in [0.5, 0.6) is 0 Å². The maximum Gasteiger partial charge on any atom is 0.312 e. The number of carboxylic acid groups (broad SMARTS) is 1. The van der Waals surface area contributed by atoms with Crippen molar-refractivity contribution in [3.8, 4) is 0 Å². The molecule has 3 N–H and O–H groups in total. The van der Waals surface area contributed by atoms with E-state index in [1.165, 1.54) is 4.90 Å². The number of fused-ring (bicyclic) bond motifs is 1. The molecule has 1 amide bonds. The molecule has 2 atom stereocenters. The highest BCUT2D eigenvalue weighted by Gasteiger charge is 2.33. The highest BCUT2D eigenvalue weighted by molar-refractivity contribution is 5.84. The van der Waals surface area contributed by atoms with E-state index >= 15 is 0 Å². The van der Waals surface area contributed by atoms with Crippen LogP contribution in [0.3, 0.4) is 0 Å². The summed E-state index contributed by atoms with van der Waals surface area (Å²) < 4.78 is 0. The number of aliphatic carboxylic acids is 1. The quantitative estimate of drug-likeness (QED) is 0.805. The third-order valence-electron chi connectivity index (χ3n) is 3.54. The van der Waals surface area contributed by atoms with Crippen molar-refractivity contribution in [2.75, 3.05) is 6.54 Å². The third-order valence-corrected chi connectivity index (χ3v) is 3.54. The molecule has 1 heterocycles. The van der Waals surface area contributed by atoms with Gasteiger partial charge in [0.25, 0.3) is 0 Å². The fourth-order valence-corrected chi connectivity index (χ4v) is 2.50. The van der Waals surface area contributed by atoms with Gasteiger partial charge >= 0.3 is 5.97 Å². The Labute approximate surface area is 117 Å². The third kappa shape index (κ3) is 2.72. The molecule has 0 aromatic heterocycles. The van der Waals surface area contributed by atoms with Gasteiger partial charge in [0.15, 0.2) is 0 Å². The molecule has 5 heteroatoms. The van der Waals surface area contributed by atoms with Gasteiger partial charge in [0.2, 0.25) is 5.91 Å². The number of carbonyl (C=O) groups is 2. The molecule has 0 bridgehead atoms. The second-order valence-electron chi connectivity index (χ2n) is 4.94. The Bertz CT molecular complexity index is 542. The molecule has 1 aromatic carbocycles. The lowest BCUT2D eigenvalue weighted by atomic mass is 9.89. The zero-order valence-electron chi connectivity index (χ0n) is 11.2. The molecular formula is C15H18N2O3. The highest BCUT2D eigenvalue weighted by Crippen LogP contribution is 2.28. The largest absolute Gasteiger partial charge is 0.481 e. The summed E-state index contributed by atoms with van der Waals surface area (Å²) >= 11 is 0. The van der Waals surface area contributed by atoms with Gasteiger partial charge in [-0.15, -0.1) is 6.58 Å². The maximum atomic E-state index is 12.2. The minimum atomic E-state index is -0.924. The van der Waals surface area contributed by atoms with Crippen LogP contribution >= 0.6 is 0 Å². The van der Waals surface area contributed by atoms with Crippen LogP contribution in [-0.2, 0) is 16.1 Å². The molecular weight excluding hydrogens is 256 g/mol. The van der Waals surface area contributed by atoms with Crippen molar-refractivity contribution >= 4 is 11.9 Å². The Morgan fingerprint density at radius 1 is 1.50 bits per heavy atom. The fraction of sp³-hybridized carbons (Fsp3) is 0.333. The Hall–Kier alpha value is -2.14. The average molecular weight is 274 g/mol. The second kappa shape index (κ2) is 5.88. The number of rotatable bonds is 4.